The lowest BCUT2D eigenvalue weighted by Crippen LogP contribution is -2.23. The van der Waals surface area contributed by atoms with Crippen molar-refractivity contribution in [1.29, 1.82) is 0 Å². The number of hydrogen-bond donors (Lipinski definition) is 0. The largest absolute Gasteiger partial charge is 0.481 e. The standard InChI is InChI=1S/C16H16N4O3/c1-22-9-8-20-10-18-13-6-5-12(19-14(13)16(20)21)11-4-3-7-17-15(11)23-2/h3-7,10H,8-9H2,1-2H3. The van der Waals surface area contributed by atoms with Crippen molar-refractivity contribution in [1.82, 2.24) is 19.5 Å². The molecule has 23 heavy (non-hydrogen) atoms. The van der Waals surface area contributed by atoms with E-state index in [-0.39, 0.29) is 5.56 Å². The highest BCUT2D eigenvalue weighted by Gasteiger charge is 2.11. The van der Waals surface area contributed by atoms with E-state index in [1.54, 1.807) is 38.6 Å². The summed E-state index contributed by atoms with van der Waals surface area (Å²) in [5, 5.41) is 0. The smallest absolute Gasteiger partial charge is 0.279 e. The molecule has 0 fully saturated rings. The van der Waals surface area contributed by atoms with Gasteiger partial charge < -0.3 is 9.47 Å². The van der Waals surface area contributed by atoms with E-state index in [1.807, 2.05) is 6.07 Å². The quantitative estimate of drug-likeness (QED) is 0.710. The molecule has 0 atom stereocenters. The number of ether oxygens (including phenoxy) is 2. The van der Waals surface area contributed by atoms with E-state index in [1.165, 1.54) is 10.9 Å². The van der Waals surface area contributed by atoms with E-state index in [2.05, 4.69) is 15.0 Å². The molecule has 3 rings (SSSR count). The molecule has 0 aliphatic carbocycles. The van der Waals surface area contributed by atoms with Crippen molar-refractivity contribution in [2.45, 2.75) is 6.54 Å². The third kappa shape index (κ3) is 2.91. The molecule has 0 aromatic carbocycles. The number of fused-ring (bicyclic) bond motifs is 1. The van der Waals surface area contributed by atoms with Crippen LogP contribution >= 0.6 is 0 Å². The minimum atomic E-state index is -0.197. The Morgan fingerprint density at radius 2 is 2.04 bits per heavy atom. The van der Waals surface area contributed by atoms with Crippen molar-refractivity contribution in [3.05, 3.63) is 47.1 Å². The van der Waals surface area contributed by atoms with Gasteiger partial charge in [0.15, 0.2) is 5.52 Å². The zero-order valence-electron chi connectivity index (χ0n) is 12.9. The molecule has 0 saturated heterocycles. The van der Waals surface area contributed by atoms with Crippen molar-refractivity contribution < 1.29 is 9.47 Å². The van der Waals surface area contributed by atoms with Gasteiger partial charge in [-0.3, -0.25) is 9.36 Å². The molecule has 0 N–H and O–H groups in total. The summed E-state index contributed by atoms with van der Waals surface area (Å²) in [5.74, 6) is 0.461. The average Bonchev–Trinajstić information content (AvgIpc) is 2.61. The molecule has 0 bridgehead atoms. The van der Waals surface area contributed by atoms with Crippen LogP contribution in [0.3, 0.4) is 0 Å². The molecule has 3 aromatic rings. The maximum absolute atomic E-state index is 12.5. The van der Waals surface area contributed by atoms with Crippen molar-refractivity contribution in [2.24, 2.45) is 0 Å². The van der Waals surface area contributed by atoms with Gasteiger partial charge in [-0.1, -0.05) is 0 Å². The zero-order chi connectivity index (χ0) is 16.2. The molecule has 3 heterocycles. The van der Waals surface area contributed by atoms with Crippen molar-refractivity contribution in [3.8, 4) is 17.1 Å². The lowest BCUT2D eigenvalue weighted by atomic mass is 10.1. The van der Waals surface area contributed by atoms with E-state index in [0.717, 1.165) is 5.56 Å². The zero-order valence-corrected chi connectivity index (χ0v) is 12.9. The summed E-state index contributed by atoms with van der Waals surface area (Å²) >= 11 is 0. The highest BCUT2D eigenvalue weighted by Crippen LogP contribution is 2.26. The fourth-order valence-electron chi connectivity index (χ4n) is 2.28. The summed E-state index contributed by atoms with van der Waals surface area (Å²) in [5.41, 5.74) is 2.01. The first-order chi connectivity index (χ1) is 11.2. The maximum Gasteiger partial charge on any atom is 0.279 e. The Labute approximate surface area is 132 Å². The van der Waals surface area contributed by atoms with Crippen LogP contribution in [0.1, 0.15) is 0 Å². The van der Waals surface area contributed by atoms with Crippen LogP contribution in [-0.2, 0) is 11.3 Å². The molecule has 3 aromatic heterocycles. The van der Waals surface area contributed by atoms with Crippen LogP contribution in [-0.4, -0.2) is 40.3 Å². The molecule has 0 spiro atoms. The van der Waals surface area contributed by atoms with E-state index < -0.39 is 0 Å². The minimum absolute atomic E-state index is 0.197. The van der Waals surface area contributed by atoms with Crippen LogP contribution in [0.15, 0.2) is 41.6 Å². The number of aromatic nitrogens is 4. The maximum atomic E-state index is 12.5. The van der Waals surface area contributed by atoms with Gasteiger partial charge in [-0.2, -0.15) is 0 Å². The Hall–Kier alpha value is -2.80. The summed E-state index contributed by atoms with van der Waals surface area (Å²) in [6, 6.07) is 7.21. The SMILES string of the molecule is COCCn1cnc2ccc(-c3cccnc3OC)nc2c1=O. The van der Waals surface area contributed by atoms with Gasteiger partial charge in [0.25, 0.3) is 5.56 Å². The van der Waals surface area contributed by atoms with E-state index in [9.17, 15) is 4.79 Å². The first kappa shape index (κ1) is 15.1. The second-order valence-corrected chi connectivity index (χ2v) is 4.86. The Kier molecular flexibility index (Phi) is 4.29. The number of pyridine rings is 2. The van der Waals surface area contributed by atoms with E-state index in [4.69, 9.17) is 9.47 Å². The van der Waals surface area contributed by atoms with Gasteiger partial charge in [-0.15, -0.1) is 0 Å². The average molecular weight is 312 g/mol. The molecule has 0 amide bonds. The molecule has 7 heteroatoms. The fraction of sp³-hybridized carbons (Fsp3) is 0.250. The Bertz CT molecular complexity index is 892. The predicted octanol–water partition coefficient (Wildman–Crippen LogP) is 1.51. The molecular weight excluding hydrogens is 296 g/mol. The van der Waals surface area contributed by atoms with Gasteiger partial charge >= 0.3 is 0 Å². The monoisotopic (exact) mass is 312 g/mol. The summed E-state index contributed by atoms with van der Waals surface area (Å²) in [7, 11) is 3.14. The highest BCUT2D eigenvalue weighted by atomic mass is 16.5. The topological polar surface area (TPSA) is 79.1 Å². The third-order valence-electron chi connectivity index (χ3n) is 3.45. The second kappa shape index (κ2) is 6.53. The van der Waals surface area contributed by atoms with Crippen LogP contribution in [0.25, 0.3) is 22.3 Å². The van der Waals surface area contributed by atoms with Crippen LogP contribution < -0.4 is 10.3 Å². The molecule has 0 saturated carbocycles. The van der Waals surface area contributed by atoms with Gasteiger partial charge in [0.1, 0.15) is 0 Å². The van der Waals surface area contributed by atoms with Crippen molar-refractivity contribution in [2.75, 3.05) is 20.8 Å². The molecule has 0 unspecified atom stereocenters. The van der Waals surface area contributed by atoms with Crippen molar-refractivity contribution >= 4 is 11.0 Å². The summed E-state index contributed by atoms with van der Waals surface area (Å²) in [6.45, 7) is 0.865. The summed E-state index contributed by atoms with van der Waals surface area (Å²) in [6.07, 6.45) is 3.15. The van der Waals surface area contributed by atoms with Gasteiger partial charge in [0.2, 0.25) is 5.88 Å². The highest BCUT2D eigenvalue weighted by molar-refractivity contribution is 5.78. The fourth-order valence-corrected chi connectivity index (χ4v) is 2.28. The molecule has 118 valence electrons. The van der Waals surface area contributed by atoms with Gasteiger partial charge in [0.05, 0.1) is 43.4 Å². The molecule has 7 nitrogen and oxygen atoms in total. The third-order valence-corrected chi connectivity index (χ3v) is 3.45. The Morgan fingerprint density at radius 3 is 2.83 bits per heavy atom. The molecular formula is C16H16N4O3. The second-order valence-electron chi connectivity index (χ2n) is 4.86. The van der Waals surface area contributed by atoms with Gasteiger partial charge in [0, 0.05) is 13.3 Å². The molecule has 0 aliphatic rings. The van der Waals surface area contributed by atoms with Gasteiger partial charge in [-0.05, 0) is 24.3 Å². The number of nitrogens with zero attached hydrogens (tertiary/aromatic N) is 4. The van der Waals surface area contributed by atoms with Crippen LogP contribution in [0.2, 0.25) is 0 Å². The summed E-state index contributed by atoms with van der Waals surface area (Å²) < 4.78 is 11.7. The first-order valence-corrected chi connectivity index (χ1v) is 7.09. The van der Waals surface area contributed by atoms with Crippen LogP contribution in [0.5, 0.6) is 5.88 Å². The molecule has 0 aliphatic heterocycles. The number of rotatable bonds is 5. The summed E-state index contributed by atoms with van der Waals surface area (Å²) in [4.78, 5) is 25.4. The van der Waals surface area contributed by atoms with Gasteiger partial charge in [-0.25, -0.2) is 15.0 Å². The molecule has 0 radical (unpaired) electrons. The normalized spacial score (nSPS) is 10.9. The van der Waals surface area contributed by atoms with E-state index >= 15 is 0 Å². The van der Waals surface area contributed by atoms with E-state index in [0.29, 0.717) is 35.8 Å². The number of methoxy groups -OCH3 is 2. The van der Waals surface area contributed by atoms with Crippen LogP contribution in [0.4, 0.5) is 0 Å². The Balaban J connectivity index is 2.14. The Morgan fingerprint density at radius 1 is 1.17 bits per heavy atom. The first-order valence-electron chi connectivity index (χ1n) is 7.09. The predicted molar refractivity (Wildman–Crippen MR) is 85.5 cm³/mol. The van der Waals surface area contributed by atoms with Crippen LogP contribution in [0, 0.1) is 0 Å². The lowest BCUT2D eigenvalue weighted by Gasteiger charge is -2.08. The lowest BCUT2D eigenvalue weighted by molar-refractivity contribution is 0.186. The minimum Gasteiger partial charge on any atom is -0.481 e. The van der Waals surface area contributed by atoms with Crippen molar-refractivity contribution in [3.63, 3.8) is 0 Å². The number of hydrogen-bond acceptors (Lipinski definition) is 6.